The molecule has 292 valence electrons. The van der Waals surface area contributed by atoms with Gasteiger partial charge in [0.05, 0.1) is 0 Å². The third kappa shape index (κ3) is 6.77. The molecule has 2 atom stereocenters. The molecule has 56 heavy (non-hydrogen) atoms. The summed E-state index contributed by atoms with van der Waals surface area (Å²) >= 11 is 0. The summed E-state index contributed by atoms with van der Waals surface area (Å²) in [4.78, 5) is 73.5. The second kappa shape index (κ2) is 14.9. The lowest BCUT2D eigenvalue weighted by Crippen LogP contribution is -2.52. The van der Waals surface area contributed by atoms with Crippen molar-refractivity contribution >= 4 is 52.1 Å². The van der Waals surface area contributed by atoms with E-state index in [1.165, 1.54) is 0 Å². The number of rotatable bonds is 9. The summed E-state index contributed by atoms with van der Waals surface area (Å²) in [5, 5.41) is 6.57. The Balaban J connectivity index is 0.821. The molecule has 1 saturated carbocycles. The van der Waals surface area contributed by atoms with Crippen molar-refractivity contribution in [1.29, 1.82) is 0 Å². The fourth-order valence-electron chi connectivity index (χ4n) is 9.87. The SMILES string of the molecule is CN(C)C(=O)c1cc2cnc(Nc3ccc(CN4CCC([C@H]5CCCN5c5cccc6c5CN([C@@H]5CCC(=O)NC5=O)C6=O)CC4)cn3)nc2n1C1CCCC1. The largest absolute Gasteiger partial charge is 0.368 e. The van der Waals surface area contributed by atoms with Gasteiger partial charge in [-0.3, -0.25) is 29.4 Å². The molecular weight excluding hydrogens is 709 g/mol. The highest BCUT2D eigenvalue weighted by Gasteiger charge is 2.42. The maximum atomic E-state index is 13.5. The average Bonchev–Trinajstić information content (AvgIpc) is 4.02. The molecule has 14 heteroatoms. The Morgan fingerprint density at radius 1 is 0.911 bits per heavy atom. The summed E-state index contributed by atoms with van der Waals surface area (Å²) in [6.45, 7) is 4.22. The van der Waals surface area contributed by atoms with Crippen molar-refractivity contribution in [1.82, 2.24) is 39.5 Å². The van der Waals surface area contributed by atoms with Crippen molar-refractivity contribution in [2.24, 2.45) is 5.92 Å². The van der Waals surface area contributed by atoms with E-state index in [9.17, 15) is 19.2 Å². The molecule has 5 aliphatic rings. The molecule has 0 spiro atoms. The van der Waals surface area contributed by atoms with Crippen LogP contribution in [0.2, 0.25) is 0 Å². The Hall–Kier alpha value is -5.37. The molecule has 2 N–H and O–H groups in total. The van der Waals surface area contributed by atoms with E-state index in [4.69, 9.17) is 9.97 Å². The van der Waals surface area contributed by atoms with Crippen LogP contribution in [-0.4, -0.2) is 104 Å². The van der Waals surface area contributed by atoms with Crippen molar-refractivity contribution in [3.8, 4) is 0 Å². The first-order chi connectivity index (χ1) is 27.2. The molecule has 4 aliphatic heterocycles. The number of nitrogens with zero attached hydrogens (tertiary/aromatic N) is 8. The number of benzene rings is 1. The maximum absolute atomic E-state index is 13.5. The van der Waals surface area contributed by atoms with Crippen molar-refractivity contribution in [2.45, 2.75) is 95.4 Å². The van der Waals surface area contributed by atoms with Crippen LogP contribution < -0.4 is 15.5 Å². The van der Waals surface area contributed by atoms with E-state index < -0.39 is 6.04 Å². The number of likely N-dealkylation sites (tertiary alicyclic amines) is 1. The molecule has 4 fully saturated rings. The summed E-state index contributed by atoms with van der Waals surface area (Å²) in [7, 11) is 3.56. The Labute approximate surface area is 326 Å². The van der Waals surface area contributed by atoms with Gasteiger partial charge in [-0.05, 0) is 93.8 Å². The molecular formula is C42H50N10O4. The molecule has 0 radical (unpaired) electrons. The minimum absolute atomic E-state index is 0.0261. The van der Waals surface area contributed by atoms with Gasteiger partial charge >= 0.3 is 0 Å². The number of pyridine rings is 1. The molecule has 7 heterocycles. The standard InChI is InChI=1S/C42H50N10O4/c1-48(2)41(56)35-21-28-23-44-42(47-38(28)52(35)29-7-3-4-8-29)45-36-14-12-26(22-43-36)24-49-19-16-27(17-20-49)32-11-6-18-50(32)33-10-5-9-30-31(33)25-51(40(30)55)34-13-15-37(53)46-39(34)54/h5,9-10,12,14,21-23,27,29,32,34H,3-4,6-8,11,13,15-20,24-25H2,1-2H3,(H,46,53,54)(H,43,44,45,47)/t32-,34-/m1/s1. The third-order valence-electron chi connectivity index (χ3n) is 12.7. The molecule has 1 aromatic carbocycles. The molecule has 1 aliphatic carbocycles. The summed E-state index contributed by atoms with van der Waals surface area (Å²) in [6.07, 6.45) is 13.2. The Morgan fingerprint density at radius 3 is 2.48 bits per heavy atom. The molecule has 3 saturated heterocycles. The summed E-state index contributed by atoms with van der Waals surface area (Å²) in [5.41, 5.74) is 5.39. The molecule has 0 bridgehead atoms. The van der Waals surface area contributed by atoms with E-state index in [0.717, 1.165) is 105 Å². The zero-order valence-electron chi connectivity index (χ0n) is 32.2. The smallest absolute Gasteiger partial charge is 0.270 e. The van der Waals surface area contributed by atoms with Crippen molar-refractivity contribution in [3.05, 3.63) is 71.2 Å². The zero-order chi connectivity index (χ0) is 38.5. The molecule has 4 amide bonds. The minimum Gasteiger partial charge on any atom is -0.368 e. The van der Waals surface area contributed by atoms with Gasteiger partial charge in [0.25, 0.3) is 11.8 Å². The number of piperidine rings is 2. The fraction of sp³-hybridized carbons (Fsp3) is 0.500. The van der Waals surface area contributed by atoms with Crippen LogP contribution in [0.15, 0.2) is 48.8 Å². The van der Waals surface area contributed by atoms with Crippen LogP contribution in [0.1, 0.15) is 102 Å². The van der Waals surface area contributed by atoms with E-state index in [-0.39, 0.29) is 36.1 Å². The van der Waals surface area contributed by atoms with E-state index in [2.05, 4.69) is 42.1 Å². The van der Waals surface area contributed by atoms with Gasteiger partial charge in [0, 0.05) is 86.8 Å². The Morgan fingerprint density at radius 2 is 1.73 bits per heavy atom. The number of anilines is 3. The predicted molar refractivity (Wildman–Crippen MR) is 211 cm³/mol. The van der Waals surface area contributed by atoms with Gasteiger partial charge in [0.1, 0.15) is 23.2 Å². The van der Waals surface area contributed by atoms with E-state index in [1.54, 1.807) is 30.1 Å². The highest BCUT2D eigenvalue weighted by atomic mass is 16.2. The number of nitrogens with one attached hydrogen (secondary N) is 2. The second-order valence-corrected chi connectivity index (χ2v) is 16.4. The third-order valence-corrected chi connectivity index (χ3v) is 12.7. The van der Waals surface area contributed by atoms with Gasteiger partial charge in [0.15, 0.2) is 0 Å². The van der Waals surface area contributed by atoms with Crippen LogP contribution in [0.25, 0.3) is 11.0 Å². The Bertz CT molecular complexity index is 2170. The van der Waals surface area contributed by atoms with Crippen molar-refractivity contribution < 1.29 is 19.2 Å². The molecule has 0 unspecified atom stereocenters. The first kappa shape index (κ1) is 36.3. The normalized spacial score (nSPS) is 22.3. The number of hydrogen-bond donors (Lipinski definition) is 2. The first-order valence-electron chi connectivity index (χ1n) is 20.3. The average molecular weight is 759 g/mol. The highest BCUT2D eigenvalue weighted by molar-refractivity contribution is 6.06. The van der Waals surface area contributed by atoms with Gasteiger partial charge in [-0.1, -0.05) is 25.0 Å². The van der Waals surface area contributed by atoms with Crippen molar-refractivity contribution in [3.63, 3.8) is 0 Å². The van der Waals surface area contributed by atoms with Gasteiger partial charge in [-0.25, -0.2) is 9.97 Å². The van der Waals surface area contributed by atoms with Gasteiger partial charge < -0.3 is 24.6 Å². The summed E-state index contributed by atoms with van der Waals surface area (Å²) < 4.78 is 2.12. The predicted octanol–water partition coefficient (Wildman–Crippen LogP) is 5.03. The van der Waals surface area contributed by atoms with Crippen molar-refractivity contribution in [2.75, 3.05) is 43.9 Å². The van der Waals surface area contributed by atoms with Crippen LogP contribution >= 0.6 is 0 Å². The minimum atomic E-state index is -0.610. The number of fused-ring (bicyclic) bond motifs is 2. The van der Waals surface area contributed by atoms with E-state index in [1.807, 2.05) is 30.5 Å². The number of carbonyl (C=O) groups excluding carboxylic acids is 4. The summed E-state index contributed by atoms with van der Waals surface area (Å²) in [5.74, 6) is 0.897. The number of amides is 4. The topological polar surface area (TPSA) is 149 Å². The van der Waals surface area contributed by atoms with Crippen LogP contribution in [0.5, 0.6) is 0 Å². The number of hydrogen-bond acceptors (Lipinski definition) is 10. The number of carbonyl (C=O) groups is 4. The quantitative estimate of drug-likeness (QED) is 0.223. The molecule has 14 nitrogen and oxygen atoms in total. The van der Waals surface area contributed by atoms with Crippen LogP contribution in [0.3, 0.4) is 0 Å². The van der Waals surface area contributed by atoms with Gasteiger partial charge in [0.2, 0.25) is 17.8 Å². The maximum Gasteiger partial charge on any atom is 0.270 e. The molecule has 9 rings (SSSR count). The number of aromatic nitrogens is 4. The van der Waals surface area contributed by atoms with E-state index in [0.29, 0.717) is 47.9 Å². The van der Waals surface area contributed by atoms with E-state index >= 15 is 0 Å². The molecule has 3 aromatic heterocycles. The van der Waals surface area contributed by atoms with Crippen LogP contribution in [0.4, 0.5) is 17.5 Å². The van der Waals surface area contributed by atoms with Crippen LogP contribution in [-0.2, 0) is 22.7 Å². The Kier molecular flexibility index (Phi) is 9.68. The lowest BCUT2D eigenvalue weighted by molar-refractivity contribution is -0.136. The first-order valence-corrected chi connectivity index (χ1v) is 20.3. The highest BCUT2D eigenvalue weighted by Crippen LogP contribution is 2.41. The monoisotopic (exact) mass is 758 g/mol. The fourth-order valence-corrected chi connectivity index (χ4v) is 9.87. The second-order valence-electron chi connectivity index (χ2n) is 16.4. The molecule has 4 aromatic rings. The zero-order valence-corrected chi connectivity index (χ0v) is 32.2. The lowest BCUT2D eigenvalue weighted by Gasteiger charge is -2.39. The lowest BCUT2D eigenvalue weighted by atomic mass is 9.87. The summed E-state index contributed by atoms with van der Waals surface area (Å²) in [6, 6.07) is 12.1. The number of imide groups is 1. The van der Waals surface area contributed by atoms with Gasteiger partial charge in [-0.2, -0.15) is 4.98 Å². The van der Waals surface area contributed by atoms with Crippen LogP contribution in [0, 0.1) is 5.92 Å². The van der Waals surface area contributed by atoms with Gasteiger partial charge in [-0.15, -0.1) is 0 Å².